The average Bonchev–Trinajstić information content (AvgIpc) is 2.04. The van der Waals surface area contributed by atoms with Gasteiger partial charge in [0.05, 0.1) is 0 Å². The summed E-state index contributed by atoms with van der Waals surface area (Å²) in [6, 6.07) is 7.86. The van der Waals surface area contributed by atoms with Gasteiger partial charge in [0.1, 0.15) is 5.52 Å². The molecule has 1 aromatic heterocycles. The lowest BCUT2D eigenvalue weighted by Crippen LogP contribution is -2.37. The molecule has 0 saturated carbocycles. The normalized spacial score (nSPS) is 10.4. The van der Waals surface area contributed by atoms with Crippen LogP contribution in [0.1, 0.15) is 0 Å². The summed E-state index contributed by atoms with van der Waals surface area (Å²) in [6.07, 6.45) is 0. The molecule has 2 aromatic rings. The quantitative estimate of drug-likeness (QED) is 0.484. The molecule has 4 heteroatoms. The fourth-order valence-corrected chi connectivity index (χ4v) is 1.46. The second-order valence-corrected chi connectivity index (χ2v) is 2.97. The first kappa shape index (κ1) is 7.36. The lowest BCUT2D eigenvalue weighted by atomic mass is 10.2. The molecule has 12 heavy (non-hydrogen) atoms. The molecule has 0 unspecified atom stereocenters. The number of rotatable bonds is 0. The van der Waals surface area contributed by atoms with Crippen LogP contribution in [0.4, 0.5) is 0 Å². The maximum atomic E-state index is 5.09. The molecule has 0 bridgehead atoms. The van der Waals surface area contributed by atoms with Crippen LogP contribution in [-0.2, 0) is 7.05 Å². The van der Waals surface area contributed by atoms with Crippen molar-refractivity contribution in [3.05, 3.63) is 28.9 Å². The Hall–Kier alpha value is -1.29. The van der Waals surface area contributed by atoms with Crippen molar-refractivity contribution in [1.82, 2.24) is 10.2 Å². The van der Waals surface area contributed by atoms with E-state index in [2.05, 4.69) is 10.2 Å². The Balaban J connectivity index is 2.99. The number of para-hydroxylation sites is 1. The van der Waals surface area contributed by atoms with E-state index in [0.29, 0.717) is 4.64 Å². The highest BCUT2D eigenvalue weighted by Crippen LogP contribution is 2.07. The van der Waals surface area contributed by atoms with Crippen LogP contribution in [0.2, 0.25) is 0 Å². The van der Waals surface area contributed by atoms with E-state index in [1.54, 1.807) is 4.80 Å². The standard InChI is InChI=1S/C8H7N3S/c1-11-9-7-5-3-2-4-6(7)8(12)10-11/h2-5H,1H3/p+1. The number of hydrogen-bond acceptors (Lipinski definition) is 2. The molecule has 0 aliphatic rings. The Labute approximate surface area is 74.6 Å². The van der Waals surface area contributed by atoms with Crippen molar-refractivity contribution >= 4 is 23.1 Å². The number of H-pyrrole nitrogens is 1. The van der Waals surface area contributed by atoms with Crippen molar-refractivity contribution in [3.63, 3.8) is 0 Å². The van der Waals surface area contributed by atoms with Crippen LogP contribution in [-0.4, -0.2) is 10.2 Å². The van der Waals surface area contributed by atoms with Gasteiger partial charge in [-0.3, -0.25) is 0 Å². The number of hydrogen-bond donors (Lipinski definition) is 1. The first-order valence-electron chi connectivity index (χ1n) is 3.63. The molecule has 3 nitrogen and oxygen atoms in total. The fraction of sp³-hybridized carbons (Fsp3) is 0.125. The summed E-state index contributed by atoms with van der Waals surface area (Å²) in [6.45, 7) is 0. The van der Waals surface area contributed by atoms with Crippen molar-refractivity contribution < 1.29 is 4.80 Å². The Bertz CT molecular complexity index is 475. The summed E-state index contributed by atoms with van der Waals surface area (Å²) in [4.78, 5) is 1.62. The second kappa shape index (κ2) is 2.64. The van der Waals surface area contributed by atoms with E-state index in [1.165, 1.54) is 0 Å². The number of nitrogens with one attached hydrogen (secondary N) is 1. The van der Waals surface area contributed by atoms with E-state index < -0.39 is 0 Å². The van der Waals surface area contributed by atoms with Crippen LogP contribution in [0.25, 0.3) is 10.9 Å². The molecule has 1 aromatic carbocycles. The number of benzene rings is 1. The van der Waals surface area contributed by atoms with Crippen LogP contribution in [0.3, 0.4) is 0 Å². The Morgan fingerprint density at radius 1 is 1.42 bits per heavy atom. The van der Waals surface area contributed by atoms with Crippen molar-refractivity contribution in [3.8, 4) is 0 Å². The smallest absolute Gasteiger partial charge is 0.141 e. The molecular formula is C8H8N3S+. The van der Waals surface area contributed by atoms with Gasteiger partial charge in [-0.1, -0.05) is 24.4 Å². The molecular weight excluding hydrogens is 170 g/mol. The molecule has 2 rings (SSSR count). The van der Waals surface area contributed by atoms with Gasteiger partial charge in [-0.05, 0) is 16.9 Å². The van der Waals surface area contributed by atoms with Gasteiger partial charge >= 0.3 is 0 Å². The fourth-order valence-electron chi connectivity index (χ4n) is 1.16. The third kappa shape index (κ3) is 1.10. The first-order chi connectivity index (χ1) is 5.77. The van der Waals surface area contributed by atoms with Gasteiger partial charge in [0.15, 0.2) is 7.05 Å². The van der Waals surface area contributed by atoms with Crippen LogP contribution < -0.4 is 4.80 Å². The minimum absolute atomic E-state index is 0.631. The van der Waals surface area contributed by atoms with Crippen LogP contribution >= 0.6 is 12.2 Å². The Kier molecular flexibility index (Phi) is 1.62. The molecule has 0 atom stereocenters. The molecule has 1 N–H and O–H groups in total. The monoisotopic (exact) mass is 178 g/mol. The summed E-state index contributed by atoms with van der Waals surface area (Å²) >= 11 is 5.09. The maximum Gasteiger partial charge on any atom is 0.205 e. The third-order valence-corrected chi connectivity index (χ3v) is 1.98. The highest BCUT2D eigenvalue weighted by molar-refractivity contribution is 7.71. The molecule has 0 radical (unpaired) electrons. The number of nitrogens with zero attached hydrogens (tertiary/aromatic N) is 2. The van der Waals surface area contributed by atoms with Gasteiger partial charge in [0.2, 0.25) is 4.64 Å². The van der Waals surface area contributed by atoms with Gasteiger partial charge in [0.25, 0.3) is 0 Å². The van der Waals surface area contributed by atoms with Crippen molar-refractivity contribution in [2.45, 2.75) is 0 Å². The molecule has 0 saturated heterocycles. The molecule has 0 amide bonds. The lowest BCUT2D eigenvalue weighted by molar-refractivity contribution is -0.784. The van der Waals surface area contributed by atoms with Crippen LogP contribution in [0.15, 0.2) is 24.3 Å². The minimum Gasteiger partial charge on any atom is -0.141 e. The van der Waals surface area contributed by atoms with Crippen molar-refractivity contribution in [2.24, 2.45) is 7.05 Å². The molecule has 0 aliphatic heterocycles. The zero-order chi connectivity index (χ0) is 8.55. The maximum absolute atomic E-state index is 5.09. The SMILES string of the molecule is C[n+]1nc(=S)c2ccccc2[nH]1. The van der Waals surface area contributed by atoms with Gasteiger partial charge in [-0.2, -0.15) is 0 Å². The molecule has 0 spiro atoms. The van der Waals surface area contributed by atoms with Crippen LogP contribution in [0.5, 0.6) is 0 Å². The summed E-state index contributed by atoms with van der Waals surface area (Å²) in [7, 11) is 1.82. The highest BCUT2D eigenvalue weighted by atomic mass is 32.1. The van der Waals surface area contributed by atoms with Gasteiger partial charge in [0, 0.05) is 10.5 Å². The van der Waals surface area contributed by atoms with Gasteiger partial charge in [-0.25, -0.2) is 0 Å². The summed E-state index contributed by atoms with van der Waals surface area (Å²) in [5.74, 6) is 0. The van der Waals surface area contributed by atoms with E-state index in [4.69, 9.17) is 12.2 Å². The predicted molar refractivity (Wildman–Crippen MR) is 48.1 cm³/mol. The minimum atomic E-state index is 0.631. The average molecular weight is 178 g/mol. The van der Waals surface area contributed by atoms with E-state index in [0.717, 1.165) is 10.9 Å². The van der Waals surface area contributed by atoms with Gasteiger partial charge in [-0.15, -0.1) is 5.10 Å². The molecule has 1 heterocycles. The zero-order valence-electron chi connectivity index (χ0n) is 6.61. The number of fused-ring (bicyclic) bond motifs is 1. The summed E-state index contributed by atoms with van der Waals surface area (Å²) in [5, 5.41) is 8.14. The molecule has 60 valence electrons. The molecule has 0 fully saturated rings. The topological polar surface area (TPSA) is 32.6 Å². The van der Waals surface area contributed by atoms with E-state index in [1.807, 2.05) is 31.3 Å². The van der Waals surface area contributed by atoms with Crippen molar-refractivity contribution in [1.29, 1.82) is 0 Å². The number of aryl methyl sites for hydroxylation is 1. The predicted octanol–water partition coefficient (Wildman–Crippen LogP) is 1.12. The van der Waals surface area contributed by atoms with Crippen LogP contribution in [0, 0.1) is 4.64 Å². The lowest BCUT2D eigenvalue weighted by Gasteiger charge is -1.92. The zero-order valence-corrected chi connectivity index (χ0v) is 7.43. The van der Waals surface area contributed by atoms with E-state index in [-0.39, 0.29) is 0 Å². The summed E-state index contributed by atoms with van der Waals surface area (Å²) < 4.78 is 0.631. The van der Waals surface area contributed by atoms with E-state index in [9.17, 15) is 0 Å². The number of aromatic nitrogens is 3. The molecule has 0 aliphatic carbocycles. The summed E-state index contributed by atoms with van der Waals surface area (Å²) in [5.41, 5.74) is 1.01. The van der Waals surface area contributed by atoms with Gasteiger partial charge < -0.3 is 0 Å². The van der Waals surface area contributed by atoms with Crippen molar-refractivity contribution in [2.75, 3.05) is 0 Å². The first-order valence-corrected chi connectivity index (χ1v) is 4.03. The number of aromatic amines is 1. The largest absolute Gasteiger partial charge is 0.205 e. The Morgan fingerprint density at radius 3 is 3.00 bits per heavy atom. The van der Waals surface area contributed by atoms with E-state index >= 15 is 0 Å². The Morgan fingerprint density at radius 2 is 2.17 bits per heavy atom. The second-order valence-electron chi connectivity index (χ2n) is 2.59. The third-order valence-electron chi connectivity index (χ3n) is 1.68. The highest BCUT2D eigenvalue weighted by Gasteiger charge is 2.00.